The standard InChI is InChI=1S/C25H42F2N6O5/c1-14(2)29-24(38)33-13-17-11-19(33)23(37)28-10-4-5-18(31-16-6-8-25(26,27)9-7-16)22(36)30-15(3)20(34)12-21(35)32-17/h14-20,31,34H,4-13H2,1-3H3,(H,28,37)(H,29,38)(H,30,36)(H,32,35)/t15-,17-,18?,19-,20-/m0/s1. The summed E-state index contributed by atoms with van der Waals surface area (Å²) in [5, 5.41) is 24.9. The Kier molecular flexibility index (Phi) is 10.3. The lowest BCUT2D eigenvalue weighted by Gasteiger charge is -2.32. The summed E-state index contributed by atoms with van der Waals surface area (Å²) >= 11 is 0. The van der Waals surface area contributed by atoms with Gasteiger partial charge in [-0.2, -0.15) is 0 Å². The number of hydrogen-bond acceptors (Lipinski definition) is 6. The van der Waals surface area contributed by atoms with Crippen LogP contribution in [0, 0.1) is 0 Å². The Labute approximate surface area is 222 Å². The quantitative estimate of drug-likeness (QED) is 0.302. The van der Waals surface area contributed by atoms with Gasteiger partial charge < -0.3 is 36.6 Å². The number of amides is 5. The highest BCUT2D eigenvalue weighted by atomic mass is 19.3. The summed E-state index contributed by atoms with van der Waals surface area (Å²) < 4.78 is 27.2. The van der Waals surface area contributed by atoms with Crippen molar-refractivity contribution in [3.63, 3.8) is 0 Å². The van der Waals surface area contributed by atoms with Crippen LogP contribution in [-0.4, -0.2) is 95.1 Å². The zero-order valence-corrected chi connectivity index (χ0v) is 22.4. The molecule has 1 unspecified atom stereocenters. The molecule has 0 radical (unpaired) electrons. The van der Waals surface area contributed by atoms with Crippen molar-refractivity contribution in [2.24, 2.45) is 0 Å². The molecule has 0 spiro atoms. The van der Waals surface area contributed by atoms with Gasteiger partial charge in [0.05, 0.1) is 24.6 Å². The van der Waals surface area contributed by atoms with Crippen molar-refractivity contribution in [3.05, 3.63) is 0 Å². The monoisotopic (exact) mass is 544 g/mol. The molecule has 2 aliphatic heterocycles. The van der Waals surface area contributed by atoms with Crippen LogP contribution in [0.5, 0.6) is 0 Å². The summed E-state index contributed by atoms with van der Waals surface area (Å²) in [5.74, 6) is -3.91. The number of alkyl halides is 2. The van der Waals surface area contributed by atoms with Gasteiger partial charge in [-0.1, -0.05) is 0 Å². The largest absolute Gasteiger partial charge is 0.390 e. The SMILES string of the molecule is CC(C)NC(=O)N1C[C@@H]2C[C@H]1C(=O)NCCCC(NC1CCC(F)(F)CC1)C(=O)N[C@@H](C)[C@@H](O)CC(=O)N2. The third-order valence-corrected chi connectivity index (χ3v) is 7.42. The van der Waals surface area contributed by atoms with Crippen molar-refractivity contribution < 1.29 is 33.1 Å². The van der Waals surface area contributed by atoms with Gasteiger partial charge in [-0.05, 0) is 52.9 Å². The Morgan fingerprint density at radius 2 is 1.79 bits per heavy atom. The maximum atomic E-state index is 13.6. The maximum absolute atomic E-state index is 13.6. The van der Waals surface area contributed by atoms with Gasteiger partial charge in [0, 0.05) is 44.1 Å². The maximum Gasteiger partial charge on any atom is 0.318 e. The molecule has 1 aliphatic carbocycles. The first kappa shape index (κ1) is 30.0. The van der Waals surface area contributed by atoms with E-state index in [1.807, 2.05) is 13.8 Å². The molecular formula is C25H42F2N6O5. The number of carbonyl (C=O) groups excluding carboxylic acids is 4. The molecule has 2 saturated heterocycles. The molecular weight excluding hydrogens is 502 g/mol. The lowest BCUT2D eigenvalue weighted by Crippen LogP contribution is -2.54. The van der Waals surface area contributed by atoms with E-state index in [1.54, 1.807) is 6.92 Å². The summed E-state index contributed by atoms with van der Waals surface area (Å²) in [7, 11) is 0. The van der Waals surface area contributed by atoms with Gasteiger partial charge in [0.2, 0.25) is 23.6 Å². The Morgan fingerprint density at radius 1 is 1.11 bits per heavy atom. The lowest BCUT2D eigenvalue weighted by atomic mass is 9.91. The van der Waals surface area contributed by atoms with Crippen LogP contribution in [0.3, 0.4) is 0 Å². The molecule has 6 N–H and O–H groups in total. The van der Waals surface area contributed by atoms with Crippen LogP contribution >= 0.6 is 0 Å². The number of urea groups is 1. The van der Waals surface area contributed by atoms with Crippen molar-refractivity contribution in [1.29, 1.82) is 0 Å². The molecule has 11 nitrogen and oxygen atoms in total. The Hall–Kier alpha value is -2.54. The molecule has 2 bridgehead atoms. The van der Waals surface area contributed by atoms with E-state index in [-0.39, 0.29) is 69.6 Å². The van der Waals surface area contributed by atoms with Gasteiger partial charge in [0.1, 0.15) is 6.04 Å². The second-order valence-electron chi connectivity index (χ2n) is 11.1. The predicted octanol–water partition coefficient (Wildman–Crippen LogP) is 0.365. The summed E-state index contributed by atoms with van der Waals surface area (Å²) in [6, 6.07) is -3.48. The second-order valence-corrected chi connectivity index (χ2v) is 11.1. The van der Waals surface area contributed by atoms with Gasteiger partial charge in [-0.15, -0.1) is 0 Å². The molecule has 3 fully saturated rings. The lowest BCUT2D eigenvalue weighted by molar-refractivity contribution is -0.128. The molecule has 13 heteroatoms. The minimum absolute atomic E-state index is 0.136. The summed E-state index contributed by atoms with van der Waals surface area (Å²) in [5.41, 5.74) is 0. The van der Waals surface area contributed by atoms with Crippen LogP contribution in [0.25, 0.3) is 0 Å². The van der Waals surface area contributed by atoms with Gasteiger partial charge >= 0.3 is 6.03 Å². The van der Waals surface area contributed by atoms with E-state index in [4.69, 9.17) is 0 Å². The number of nitrogens with zero attached hydrogens (tertiary/aromatic N) is 1. The Morgan fingerprint density at radius 3 is 2.45 bits per heavy atom. The molecule has 3 aliphatic rings. The molecule has 0 aromatic heterocycles. The first-order valence-corrected chi connectivity index (χ1v) is 13.6. The van der Waals surface area contributed by atoms with E-state index < -0.39 is 54.0 Å². The van der Waals surface area contributed by atoms with Gasteiger partial charge in [0.25, 0.3) is 0 Å². The number of halogens is 2. The van der Waals surface area contributed by atoms with Crippen LogP contribution < -0.4 is 26.6 Å². The molecule has 216 valence electrons. The topological polar surface area (TPSA) is 152 Å². The molecule has 0 aromatic carbocycles. The van der Waals surface area contributed by atoms with E-state index in [1.165, 1.54) is 4.90 Å². The molecule has 5 amide bonds. The molecule has 38 heavy (non-hydrogen) atoms. The number of hydrogen-bond donors (Lipinski definition) is 6. The fourth-order valence-corrected chi connectivity index (χ4v) is 5.23. The van der Waals surface area contributed by atoms with E-state index in [0.29, 0.717) is 12.8 Å². The fraction of sp³-hybridized carbons (Fsp3) is 0.840. The van der Waals surface area contributed by atoms with Crippen LogP contribution in [0.4, 0.5) is 13.6 Å². The Balaban J connectivity index is 1.72. The molecule has 0 aromatic rings. The second kappa shape index (κ2) is 13.0. The van der Waals surface area contributed by atoms with Crippen LogP contribution in [0.15, 0.2) is 0 Å². The van der Waals surface area contributed by atoms with E-state index >= 15 is 0 Å². The number of rotatable bonds is 3. The number of aliphatic hydroxyl groups excluding tert-OH is 1. The molecule has 1 saturated carbocycles. The summed E-state index contributed by atoms with van der Waals surface area (Å²) in [6.45, 7) is 5.62. The van der Waals surface area contributed by atoms with E-state index in [0.717, 1.165) is 0 Å². The summed E-state index contributed by atoms with van der Waals surface area (Å²) in [4.78, 5) is 52.9. The van der Waals surface area contributed by atoms with Gasteiger partial charge in [-0.3, -0.25) is 14.4 Å². The van der Waals surface area contributed by atoms with Gasteiger partial charge in [-0.25, -0.2) is 13.6 Å². The average Bonchev–Trinajstić information content (AvgIpc) is 3.24. The first-order chi connectivity index (χ1) is 17.8. The van der Waals surface area contributed by atoms with Crippen LogP contribution in [0.2, 0.25) is 0 Å². The highest BCUT2D eigenvalue weighted by Gasteiger charge is 2.41. The van der Waals surface area contributed by atoms with Crippen LogP contribution in [-0.2, 0) is 14.4 Å². The zero-order valence-electron chi connectivity index (χ0n) is 22.4. The van der Waals surface area contributed by atoms with Crippen LogP contribution in [0.1, 0.15) is 72.1 Å². The zero-order chi connectivity index (χ0) is 28.0. The van der Waals surface area contributed by atoms with Crippen molar-refractivity contribution in [1.82, 2.24) is 31.5 Å². The van der Waals surface area contributed by atoms with E-state index in [2.05, 4.69) is 26.6 Å². The van der Waals surface area contributed by atoms with Crippen molar-refractivity contribution >= 4 is 23.8 Å². The number of carbonyl (C=O) groups is 4. The average molecular weight is 545 g/mol. The van der Waals surface area contributed by atoms with Gasteiger partial charge in [0.15, 0.2) is 0 Å². The summed E-state index contributed by atoms with van der Waals surface area (Å²) in [6.07, 6.45) is -0.460. The smallest absolute Gasteiger partial charge is 0.318 e. The number of fused-ring (bicyclic) bond motifs is 2. The van der Waals surface area contributed by atoms with Crippen molar-refractivity contribution in [2.75, 3.05) is 13.1 Å². The highest BCUT2D eigenvalue weighted by molar-refractivity contribution is 5.88. The van der Waals surface area contributed by atoms with Crippen molar-refractivity contribution in [3.8, 4) is 0 Å². The first-order valence-electron chi connectivity index (χ1n) is 13.6. The Bertz CT molecular complexity index is 865. The normalized spacial score (nSPS) is 31.9. The minimum atomic E-state index is -2.69. The minimum Gasteiger partial charge on any atom is -0.390 e. The molecule has 3 rings (SSSR count). The third kappa shape index (κ3) is 8.48. The highest BCUT2D eigenvalue weighted by Crippen LogP contribution is 2.33. The fourth-order valence-electron chi connectivity index (χ4n) is 5.23. The number of likely N-dealkylation sites (tertiary alicyclic amines) is 1. The molecule has 5 atom stereocenters. The van der Waals surface area contributed by atoms with E-state index in [9.17, 15) is 33.1 Å². The third-order valence-electron chi connectivity index (χ3n) is 7.42. The predicted molar refractivity (Wildman–Crippen MR) is 135 cm³/mol. The number of aliphatic hydroxyl groups is 1. The number of nitrogens with one attached hydrogen (secondary N) is 5. The molecule has 2 heterocycles. The van der Waals surface area contributed by atoms with Crippen molar-refractivity contribution in [2.45, 2.75) is 120 Å².